The van der Waals surface area contributed by atoms with Crippen molar-refractivity contribution in [2.45, 2.75) is 25.9 Å². The van der Waals surface area contributed by atoms with Gasteiger partial charge in [0.1, 0.15) is 0 Å². The van der Waals surface area contributed by atoms with Crippen molar-refractivity contribution in [1.82, 2.24) is 20.4 Å². The van der Waals surface area contributed by atoms with Crippen LogP contribution in [0.15, 0.2) is 17.5 Å². The van der Waals surface area contributed by atoms with Gasteiger partial charge in [0, 0.05) is 42.7 Å². The van der Waals surface area contributed by atoms with Crippen molar-refractivity contribution in [2.24, 2.45) is 0 Å². The van der Waals surface area contributed by atoms with Gasteiger partial charge in [0.25, 0.3) is 5.91 Å². The maximum absolute atomic E-state index is 12.6. The standard InChI is InChI=1S/C14H18N4OS.ClH/c1-9(12-4-3-7-20-12)18(2)14(19)13-10-8-15-6-5-11(10)16-17-13;/h3-4,7,9,15H,5-6,8H2,1-2H3,(H,16,17);1H. The second kappa shape index (κ2) is 6.60. The normalized spacial score (nSPS) is 15.0. The summed E-state index contributed by atoms with van der Waals surface area (Å²) < 4.78 is 0. The number of hydrogen-bond donors (Lipinski definition) is 2. The Morgan fingerprint density at radius 3 is 3.05 bits per heavy atom. The molecule has 7 heteroatoms. The molecule has 1 aliphatic rings. The summed E-state index contributed by atoms with van der Waals surface area (Å²) in [5.41, 5.74) is 2.66. The summed E-state index contributed by atoms with van der Waals surface area (Å²) in [5, 5.41) is 12.6. The minimum atomic E-state index is -0.0212. The zero-order valence-electron chi connectivity index (χ0n) is 12.0. The van der Waals surface area contributed by atoms with E-state index in [9.17, 15) is 4.79 Å². The molecule has 0 saturated carbocycles. The molecule has 0 saturated heterocycles. The van der Waals surface area contributed by atoms with Crippen LogP contribution in [0.4, 0.5) is 0 Å². The molecule has 5 nitrogen and oxygen atoms in total. The van der Waals surface area contributed by atoms with E-state index in [2.05, 4.69) is 21.6 Å². The molecule has 1 unspecified atom stereocenters. The largest absolute Gasteiger partial charge is 0.333 e. The van der Waals surface area contributed by atoms with E-state index in [4.69, 9.17) is 0 Å². The van der Waals surface area contributed by atoms with Crippen molar-refractivity contribution in [3.63, 3.8) is 0 Å². The molecule has 21 heavy (non-hydrogen) atoms. The topological polar surface area (TPSA) is 61.0 Å². The lowest BCUT2D eigenvalue weighted by molar-refractivity contribution is 0.0737. The van der Waals surface area contributed by atoms with E-state index in [1.54, 1.807) is 16.2 Å². The number of nitrogens with one attached hydrogen (secondary N) is 2. The quantitative estimate of drug-likeness (QED) is 0.910. The van der Waals surface area contributed by atoms with Gasteiger partial charge in [-0.25, -0.2) is 0 Å². The first-order valence-corrected chi connectivity index (χ1v) is 7.64. The lowest BCUT2D eigenvalue weighted by Gasteiger charge is -2.24. The number of fused-ring (bicyclic) bond motifs is 1. The fourth-order valence-corrected chi connectivity index (χ4v) is 3.29. The SMILES string of the molecule is CC(c1cccs1)N(C)C(=O)c1n[nH]c2c1CNCC2.Cl. The van der Waals surface area contributed by atoms with E-state index in [0.717, 1.165) is 24.2 Å². The molecule has 1 atom stereocenters. The maximum Gasteiger partial charge on any atom is 0.274 e. The lowest BCUT2D eigenvalue weighted by Crippen LogP contribution is -2.31. The van der Waals surface area contributed by atoms with Crippen LogP contribution in [0.2, 0.25) is 0 Å². The van der Waals surface area contributed by atoms with Crippen LogP contribution in [-0.2, 0) is 13.0 Å². The number of hydrogen-bond acceptors (Lipinski definition) is 4. The van der Waals surface area contributed by atoms with Crippen LogP contribution < -0.4 is 5.32 Å². The molecule has 3 heterocycles. The minimum absolute atomic E-state index is 0. The van der Waals surface area contributed by atoms with Crippen molar-refractivity contribution in [2.75, 3.05) is 13.6 Å². The molecule has 2 aromatic rings. The van der Waals surface area contributed by atoms with Crippen LogP contribution in [0.25, 0.3) is 0 Å². The first-order valence-electron chi connectivity index (χ1n) is 6.76. The average Bonchev–Trinajstić information content (AvgIpc) is 3.14. The molecule has 1 amide bonds. The van der Waals surface area contributed by atoms with Gasteiger partial charge >= 0.3 is 0 Å². The van der Waals surface area contributed by atoms with Crippen LogP contribution in [0, 0.1) is 0 Å². The van der Waals surface area contributed by atoms with E-state index in [1.165, 1.54) is 4.88 Å². The van der Waals surface area contributed by atoms with Crippen molar-refractivity contribution >= 4 is 29.7 Å². The molecule has 0 spiro atoms. The van der Waals surface area contributed by atoms with Crippen LogP contribution in [-0.4, -0.2) is 34.6 Å². The number of thiophene rings is 1. The summed E-state index contributed by atoms with van der Waals surface area (Å²) in [6, 6.07) is 4.13. The Kier molecular flexibility index (Phi) is 5.03. The predicted octanol–water partition coefficient (Wildman–Crippen LogP) is 2.37. The van der Waals surface area contributed by atoms with Crippen LogP contribution >= 0.6 is 23.7 Å². The fraction of sp³-hybridized carbons (Fsp3) is 0.429. The number of nitrogens with zero attached hydrogens (tertiary/aromatic N) is 2. The van der Waals surface area contributed by atoms with Gasteiger partial charge in [-0.2, -0.15) is 5.10 Å². The third-order valence-electron chi connectivity index (χ3n) is 3.87. The minimum Gasteiger partial charge on any atom is -0.333 e. The van der Waals surface area contributed by atoms with E-state index < -0.39 is 0 Å². The number of carbonyl (C=O) groups excluding carboxylic acids is 1. The van der Waals surface area contributed by atoms with Gasteiger partial charge in [-0.05, 0) is 18.4 Å². The van der Waals surface area contributed by atoms with Gasteiger partial charge < -0.3 is 10.2 Å². The average molecular weight is 327 g/mol. The summed E-state index contributed by atoms with van der Waals surface area (Å²) in [6.45, 7) is 3.69. The Morgan fingerprint density at radius 1 is 1.52 bits per heavy atom. The lowest BCUT2D eigenvalue weighted by atomic mass is 10.1. The number of aromatic nitrogens is 2. The monoisotopic (exact) mass is 326 g/mol. The van der Waals surface area contributed by atoms with E-state index >= 15 is 0 Å². The number of halogens is 1. The molecule has 0 bridgehead atoms. The Hall–Kier alpha value is -1.37. The molecular weight excluding hydrogens is 308 g/mol. The molecule has 1 aliphatic heterocycles. The summed E-state index contributed by atoms with van der Waals surface area (Å²) in [7, 11) is 1.84. The molecular formula is C14H19ClN4OS. The zero-order chi connectivity index (χ0) is 14.1. The highest BCUT2D eigenvalue weighted by molar-refractivity contribution is 7.10. The third kappa shape index (κ3) is 2.97. The first kappa shape index (κ1) is 16.0. The number of amides is 1. The number of H-pyrrole nitrogens is 1. The number of aromatic amines is 1. The van der Waals surface area contributed by atoms with Gasteiger partial charge in [-0.15, -0.1) is 23.7 Å². The van der Waals surface area contributed by atoms with E-state index in [-0.39, 0.29) is 24.4 Å². The summed E-state index contributed by atoms with van der Waals surface area (Å²) >= 11 is 1.67. The second-order valence-electron chi connectivity index (χ2n) is 5.06. The van der Waals surface area contributed by atoms with Crippen molar-refractivity contribution in [1.29, 1.82) is 0 Å². The zero-order valence-corrected chi connectivity index (χ0v) is 13.7. The van der Waals surface area contributed by atoms with Gasteiger partial charge in [0.05, 0.1) is 6.04 Å². The Bertz CT molecular complexity index is 611. The highest BCUT2D eigenvalue weighted by Gasteiger charge is 2.26. The predicted molar refractivity (Wildman–Crippen MR) is 86.1 cm³/mol. The molecule has 0 aromatic carbocycles. The molecule has 2 aromatic heterocycles. The van der Waals surface area contributed by atoms with Gasteiger partial charge in [0.15, 0.2) is 5.69 Å². The molecule has 114 valence electrons. The first-order chi connectivity index (χ1) is 9.68. The fourth-order valence-electron chi connectivity index (χ4n) is 2.46. The molecule has 0 radical (unpaired) electrons. The second-order valence-corrected chi connectivity index (χ2v) is 6.04. The molecule has 2 N–H and O–H groups in total. The van der Waals surface area contributed by atoms with Gasteiger partial charge in [-0.3, -0.25) is 9.89 Å². The summed E-state index contributed by atoms with van der Waals surface area (Å²) in [5.74, 6) is -0.0212. The Balaban J connectivity index is 0.00000161. The summed E-state index contributed by atoms with van der Waals surface area (Å²) in [4.78, 5) is 15.6. The maximum atomic E-state index is 12.6. The Morgan fingerprint density at radius 2 is 2.33 bits per heavy atom. The van der Waals surface area contributed by atoms with Crippen LogP contribution in [0.5, 0.6) is 0 Å². The van der Waals surface area contributed by atoms with E-state index in [1.807, 2.05) is 25.4 Å². The van der Waals surface area contributed by atoms with E-state index in [0.29, 0.717) is 12.2 Å². The van der Waals surface area contributed by atoms with Crippen LogP contribution in [0.3, 0.4) is 0 Å². The molecule has 0 fully saturated rings. The van der Waals surface area contributed by atoms with Crippen molar-refractivity contribution in [3.8, 4) is 0 Å². The van der Waals surface area contributed by atoms with Gasteiger partial charge in [-0.1, -0.05) is 6.07 Å². The summed E-state index contributed by atoms with van der Waals surface area (Å²) in [6.07, 6.45) is 0.903. The molecule has 3 rings (SSSR count). The number of rotatable bonds is 3. The smallest absolute Gasteiger partial charge is 0.274 e. The Labute approximate surface area is 134 Å². The number of carbonyl (C=O) groups is 1. The van der Waals surface area contributed by atoms with Crippen molar-refractivity contribution in [3.05, 3.63) is 39.3 Å². The third-order valence-corrected chi connectivity index (χ3v) is 4.91. The van der Waals surface area contributed by atoms with Gasteiger partial charge in [0.2, 0.25) is 0 Å². The highest BCUT2D eigenvalue weighted by Crippen LogP contribution is 2.26. The highest BCUT2D eigenvalue weighted by atomic mass is 35.5. The molecule has 0 aliphatic carbocycles. The van der Waals surface area contributed by atoms with Crippen molar-refractivity contribution < 1.29 is 4.79 Å². The van der Waals surface area contributed by atoms with Crippen LogP contribution in [0.1, 0.15) is 39.6 Å².